The van der Waals surface area contributed by atoms with E-state index in [0.717, 1.165) is 10.3 Å². The number of hydrogen-bond acceptors (Lipinski definition) is 4. The van der Waals surface area contributed by atoms with Crippen LogP contribution in [0.5, 0.6) is 0 Å². The lowest BCUT2D eigenvalue weighted by Gasteiger charge is -2.31. The number of halogens is 1. The molecular formula is C12H20BrN3O. The van der Waals surface area contributed by atoms with Gasteiger partial charge >= 0.3 is 0 Å². The summed E-state index contributed by atoms with van der Waals surface area (Å²) in [7, 11) is 0. The van der Waals surface area contributed by atoms with E-state index in [0.29, 0.717) is 12.1 Å². The first kappa shape index (κ1) is 14.3. The molecule has 17 heavy (non-hydrogen) atoms. The number of hydrogen-bond donors (Lipinski definition) is 3. The first-order valence-electron chi connectivity index (χ1n) is 5.63. The second-order valence-electron chi connectivity index (χ2n) is 5.17. The number of anilines is 2. The smallest absolute Gasteiger partial charge is 0.140 e. The zero-order valence-electron chi connectivity index (χ0n) is 10.5. The van der Waals surface area contributed by atoms with Crippen molar-refractivity contribution in [2.24, 2.45) is 5.41 Å². The van der Waals surface area contributed by atoms with Gasteiger partial charge < -0.3 is 16.2 Å². The zero-order valence-corrected chi connectivity index (χ0v) is 12.1. The minimum absolute atomic E-state index is 0.0469. The Labute approximate surface area is 111 Å². The molecule has 1 rings (SSSR count). The van der Waals surface area contributed by atoms with Crippen molar-refractivity contribution < 1.29 is 5.11 Å². The van der Waals surface area contributed by atoms with Crippen LogP contribution in [-0.2, 0) is 0 Å². The van der Waals surface area contributed by atoms with Crippen molar-refractivity contribution in [2.75, 3.05) is 17.7 Å². The van der Waals surface area contributed by atoms with Gasteiger partial charge in [-0.05, 0) is 33.8 Å². The second-order valence-corrected chi connectivity index (χ2v) is 6.03. The van der Waals surface area contributed by atoms with Gasteiger partial charge in [0.1, 0.15) is 5.82 Å². The van der Waals surface area contributed by atoms with Crippen molar-refractivity contribution in [1.29, 1.82) is 0 Å². The van der Waals surface area contributed by atoms with E-state index in [2.05, 4.69) is 47.0 Å². The van der Waals surface area contributed by atoms with Crippen molar-refractivity contribution in [3.63, 3.8) is 0 Å². The van der Waals surface area contributed by atoms with Gasteiger partial charge in [0.2, 0.25) is 0 Å². The zero-order chi connectivity index (χ0) is 13.1. The average Bonchev–Trinajstić information content (AvgIpc) is 2.19. The fourth-order valence-electron chi connectivity index (χ4n) is 1.57. The van der Waals surface area contributed by atoms with Gasteiger partial charge in [-0.3, -0.25) is 0 Å². The van der Waals surface area contributed by atoms with E-state index >= 15 is 0 Å². The predicted octanol–water partition coefficient (Wildman–Crippen LogP) is 2.64. The molecule has 1 aromatic rings. The first-order valence-corrected chi connectivity index (χ1v) is 6.42. The summed E-state index contributed by atoms with van der Waals surface area (Å²) in [5.74, 6) is 0.757. The fraction of sp³-hybridized carbons (Fsp3) is 0.583. The van der Waals surface area contributed by atoms with Crippen molar-refractivity contribution in [2.45, 2.75) is 33.2 Å². The standard InChI is InChI=1S/C12H20BrN3O/c1-12(2,3)10(4-5-17)16-11-9(13)6-8(14)7-15-11/h6-7,10,17H,4-5,14H2,1-3H3,(H,15,16). The Morgan fingerprint density at radius 3 is 2.65 bits per heavy atom. The van der Waals surface area contributed by atoms with Crippen LogP contribution in [0.25, 0.3) is 0 Å². The topological polar surface area (TPSA) is 71.2 Å². The van der Waals surface area contributed by atoms with Crippen molar-refractivity contribution >= 4 is 27.4 Å². The van der Waals surface area contributed by atoms with Gasteiger partial charge in [-0.25, -0.2) is 4.98 Å². The molecule has 0 saturated carbocycles. The lowest BCUT2D eigenvalue weighted by Crippen LogP contribution is -2.35. The van der Waals surface area contributed by atoms with E-state index in [1.807, 2.05) is 6.07 Å². The van der Waals surface area contributed by atoms with Crippen molar-refractivity contribution in [3.05, 3.63) is 16.7 Å². The van der Waals surface area contributed by atoms with Crippen LogP contribution in [0.15, 0.2) is 16.7 Å². The number of nitrogen functional groups attached to an aromatic ring is 1. The van der Waals surface area contributed by atoms with Crippen LogP contribution in [0.3, 0.4) is 0 Å². The molecule has 4 N–H and O–H groups in total. The van der Waals surface area contributed by atoms with Crippen LogP contribution in [0.2, 0.25) is 0 Å². The van der Waals surface area contributed by atoms with Gasteiger partial charge in [0.05, 0.1) is 16.4 Å². The Hall–Kier alpha value is -0.810. The highest BCUT2D eigenvalue weighted by Gasteiger charge is 2.24. The molecule has 5 heteroatoms. The maximum absolute atomic E-state index is 9.10. The van der Waals surface area contributed by atoms with Crippen molar-refractivity contribution in [3.8, 4) is 0 Å². The monoisotopic (exact) mass is 301 g/mol. The number of aliphatic hydroxyl groups is 1. The van der Waals surface area contributed by atoms with Gasteiger partial charge in [-0.15, -0.1) is 0 Å². The summed E-state index contributed by atoms with van der Waals surface area (Å²) in [6.07, 6.45) is 2.30. The number of pyridine rings is 1. The number of rotatable bonds is 4. The molecule has 0 spiro atoms. The van der Waals surface area contributed by atoms with Crippen LogP contribution in [0.1, 0.15) is 27.2 Å². The Morgan fingerprint density at radius 2 is 2.18 bits per heavy atom. The van der Waals surface area contributed by atoms with Gasteiger partial charge in [0.15, 0.2) is 0 Å². The van der Waals surface area contributed by atoms with E-state index < -0.39 is 0 Å². The molecule has 1 unspecified atom stereocenters. The third-order valence-electron chi connectivity index (χ3n) is 2.64. The minimum Gasteiger partial charge on any atom is -0.397 e. The number of aliphatic hydroxyl groups excluding tert-OH is 1. The lowest BCUT2D eigenvalue weighted by molar-refractivity contribution is 0.235. The molecule has 0 fully saturated rings. The Bertz CT molecular complexity index is 377. The van der Waals surface area contributed by atoms with Gasteiger partial charge in [0.25, 0.3) is 0 Å². The summed E-state index contributed by atoms with van der Waals surface area (Å²) in [5, 5.41) is 12.4. The summed E-state index contributed by atoms with van der Waals surface area (Å²) in [6.45, 7) is 6.55. The molecule has 0 saturated heterocycles. The van der Waals surface area contributed by atoms with Gasteiger partial charge in [-0.1, -0.05) is 20.8 Å². The summed E-state index contributed by atoms with van der Waals surface area (Å²) in [5.41, 5.74) is 6.31. The van der Waals surface area contributed by atoms with Crippen LogP contribution in [0, 0.1) is 5.41 Å². The lowest BCUT2D eigenvalue weighted by atomic mass is 9.85. The van der Waals surface area contributed by atoms with Crippen LogP contribution < -0.4 is 11.1 Å². The number of nitrogens with two attached hydrogens (primary N) is 1. The molecule has 1 heterocycles. The van der Waals surface area contributed by atoms with E-state index in [9.17, 15) is 0 Å². The molecule has 0 radical (unpaired) electrons. The third kappa shape index (κ3) is 4.16. The second kappa shape index (κ2) is 5.69. The largest absolute Gasteiger partial charge is 0.397 e. The summed E-state index contributed by atoms with van der Waals surface area (Å²) in [4.78, 5) is 4.25. The molecule has 96 valence electrons. The van der Waals surface area contributed by atoms with Crippen LogP contribution in [-0.4, -0.2) is 22.7 Å². The van der Waals surface area contributed by atoms with Crippen LogP contribution in [0.4, 0.5) is 11.5 Å². The summed E-state index contributed by atoms with van der Waals surface area (Å²) in [6, 6.07) is 1.97. The molecule has 1 aromatic heterocycles. The molecule has 0 amide bonds. The Kier molecular flexibility index (Phi) is 4.77. The highest BCUT2D eigenvalue weighted by Crippen LogP contribution is 2.28. The molecular weight excluding hydrogens is 282 g/mol. The van der Waals surface area contributed by atoms with E-state index in [1.165, 1.54) is 0 Å². The molecule has 1 atom stereocenters. The third-order valence-corrected chi connectivity index (χ3v) is 3.24. The molecule has 0 bridgehead atoms. The quantitative estimate of drug-likeness (QED) is 0.799. The Balaban J connectivity index is 2.86. The minimum atomic E-state index is 0.0469. The van der Waals surface area contributed by atoms with Gasteiger partial charge in [-0.2, -0.15) is 0 Å². The Morgan fingerprint density at radius 1 is 1.53 bits per heavy atom. The van der Waals surface area contributed by atoms with Gasteiger partial charge in [0, 0.05) is 12.6 Å². The first-order chi connectivity index (χ1) is 7.84. The summed E-state index contributed by atoms with van der Waals surface area (Å²) < 4.78 is 0.838. The van der Waals surface area contributed by atoms with E-state index in [1.54, 1.807) is 6.20 Å². The molecule has 0 aliphatic heterocycles. The predicted molar refractivity (Wildman–Crippen MR) is 74.9 cm³/mol. The van der Waals surface area contributed by atoms with Crippen molar-refractivity contribution in [1.82, 2.24) is 4.98 Å². The van der Waals surface area contributed by atoms with E-state index in [-0.39, 0.29) is 18.1 Å². The summed E-state index contributed by atoms with van der Waals surface area (Å²) >= 11 is 3.43. The maximum atomic E-state index is 9.10. The maximum Gasteiger partial charge on any atom is 0.140 e. The fourth-order valence-corrected chi connectivity index (χ4v) is 2.06. The van der Waals surface area contributed by atoms with Crippen LogP contribution >= 0.6 is 15.9 Å². The highest BCUT2D eigenvalue weighted by atomic mass is 79.9. The van der Waals surface area contributed by atoms with E-state index in [4.69, 9.17) is 10.8 Å². The highest BCUT2D eigenvalue weighted by molar-refractivity contribution is 9.10. The molecule has 0 aromatic carbocycles. The normalized spacial score (nSPS) is 13.5. The molecule has 0 aliphatic carbocycles. The number of nitrogens with zero attached hydrogens (tertiary/aromatic N) is 1. The number of aromatic nitrogens is 1. The SMILES string of the molecule is CC(C)(C)C(CCO)Nc1ncc(N)cc1Br. The number of nitrogens with one attached hydrogen (secondary N) is 1. The average molecular weight is 302 g/mol. The molecule has 4 nitrogen and oxygen atoms in total. The molecule has 0 aliphatic rings.